The number of hydrogen-bond acceptors (Lipinski definition) is 8. The van der Waals surface area contributed by atoms with E-state index in [0.717, 1.165) is 49.5 Å². The van der Waals surface area contributed by atoms with Gasteiger partial charge in [0.1, 0.15) is 0 Å². The van der Waals surface area contributed by atoms with Gasteiger partial charge in [0.2, 0.25) is 0 Å². The molecule has 1 aliphatic heterocycles. The van der Waals surface area contributed by atoms with Crippen molar-refractivity contribution < 1.29 is 24.1 Å². The van der Waals surface area contributed by atoms with Gasteiger partial charge in [0, 0.05) is 38.8 Å². The van der Waals surface area contributed by atoms with Crippen LogP contribution in [0.3, 0.4) is 0 Å². The molecule has 32 heavy (non-hydrogen) atoms. The Morgan fingerprint density at radius 3 is 2.59 bits per heavy atom. The summed E-state index contributed by atoms with van der Waals surface area (Å²) in [6.07, 6.45) is 5.25. The molecule has 2 aromatic rings. The highest BCUT2D eigenvalue weighted by molar-refractivity contribution is 5.77. The summed E-state index contributed by atoms with van der Waals surface area (Å²) in [7, 11) is 3.11. The number of benzene rings is 1. The molecule has 1 atom stereocenters. The summed E-state index contributed by atoms with van der Waals surface area (Å²) in [4.78, 5) is 22.1. The van der Waals surface area contributed by atoms with Crippen LogP contribution < -0.4 is 15.0 Å². The maximum Gasteiger partial charge on any atom is 0.316 e. The number of carboxylic acids is 1. The van der Waals surface area contributed by atoms with Gasteiger partial charge in [0.15, 0.2) is 0 Å². The molecule has 0 bridgehead atoms. The lowest BCUT2D eigenvalue weighted by atomic mass is 9.95. The molecule has 0 saturated carbocycles. The number of anilines is 3. The molecule has 9 heteroatoms. The normalized spacial score (nSPS) is 15.2. The van der Waals surface area contributed by atoms with Crippen LogP contribution in [0.5, 0.6) is 6.01 Å². The molecule has 2 heterocycles. The summed E-state index contributed by atoms with van der Waals surface area (Å²) >= 11 is 0. The lowest BCUT2D eigenvalue weighted by Gasteiger charge is -2.36. The monoisotopic (exact) mass is 444 g/mol. The second kappa shape index (κ2) is 11.6. The van der Waals surface area contributed by atoms with Crippen molar-refractivity contribution in [2.75, 3.05) is 50.8 Å². The Kier molecular flexibility index (Phi) is 8.64. The van der Waals surface area contributed by atoms with E-state index in [9.17, 15) is 9.90 Å². The molecular weight excluding hydrogens is 412 g/mol. The fourth-order valence-electron chi connectivity index (χ4n) is 4.11. The minimum atomic E-state index is -0.855. The first-order valence-corrected chi connectivity index (χ1v) is 10.9. The van der Waals surface area contributed by atoms with Crippen molar-refractivity contribution in [2.24, 2.45) is 0 Å². The summed E-state index contributed by atoms with van der Waals surface area (Å²) in [5.41, 5.74) is 3.54. The largest absolute Gasteiger partial charge is 0.481 e. The van der Waals surface area contributed by atoms with Crippen LogP contribution in [-0.2, 0) is 14.3 Å². The summed E-state index contributed by atoms with van der Waals surface area (Å²) < 4.78 is 15.9. The van der Waals surface area contributed by atoms with Crippen LogP contribution >= 0.6 is 0 Å². The van der Waals surface area contributed by atoms with Gasteiger partial charge in [-0.1, -0.05) is 6.07 Å². The van der Waals surface area contributed by atoms with E-state index in [1.807, 2.05) is 12.1 Å². The highest BCUT2D eigenvalue weighted by Gasteiger charge is 2.24. The van der Waals surface area contributed by atoms with Gasteiger partial charge in [-0.15, -0.1) is 0 Å². The maximum atomic E-state index is 11.4. The Hall–Kier alpha value is -2.91. The summed E-state index contributed by atoms with van der Waals surface area (Å²) in [6, 6.07) is 6.74. The van der Waals surface area contributed by atoms with E-state index < -0.39 is 5.97 Å². The zero-order valence-corrected chi connectivity index (χ0v) is 18.9. The smallest absolute Gasteiger partial charge is 0.316 e. The second-order valence-electron chi connectivity index (χ2n) is 7.74. The third-order valence-corrected chi connectivity index (χ3v) is 5.65. The number of nitrogens with zero attached hydrogens (tertiary/aromatic N) is 3. The van der Waals surface area contributed by atoms with Crippen LogP contribution in [0, 0.1) is 0 Å². The number of carboxylic acid groups (broad SMARTS) is 1. The van der Waals surface area contributed by atoms with E-state index in [2.05, 4.69) is 33.2 Å². The Balaban J connectivity index is 1.98. The number of rotatable bonds is 11. The standard InChI is InChI=1S/C23H32N4O5/c1-4-27(19-7-9-32-10-8-19)21-6-5-16(17(15-30-2)12-22(28)29)11-20(21)26-18-13-24-23(31-3)25-14-18/h5-6,11,13-14,17,19,26H,4,7-10,12,15H2,1-3H3,(H,28,29). The van der Waals surface area contributed by atoms with Gasteiger partial charge >= 0.3 is 12.0 Å². The molecule has 0 aliphatic carbocycles. The second-order valence-corrected chi connectivity index (χ2v) is 7.74. The van der Waals surface area contributed by atoms with E-state index >= 15 is 0 Å². The number of nitrogens with one attached hydrogen (secondary N) is 1. The predicted molar refractivity (Wildman–Crippen MR) is 122 cm³/mol. The molecule has 1 saturated heterocycles. The van der Waals surface area contributed by atoms with Crippen molar-refractivity contribution in [1.29, 1.82) is 0 Å². The van der Waals surface area contributed by atoms with Gasteiger partial charge in [0.05, 0.1) is 49.6 Å². The molecule has 0 amide bonds. The lowest BCUT2D eigenvalue weighted by molar-refractivity contribution is -0.137. The van der Waals surface area contributed by atoms with Crippen LogP contribution in [0.15, 0.2) is 30.6 Å². The van der Waals surface area contributed by atoms with Gasteiger partial charge in [0.25, 0.3) is 0 Å². The molecule has 0 spiro atoms. The van der Waals surface area contributed by atoms with Crippen molar-refractivity contribution in [3.63, 3.8) is 0 Å². The number of aliphatic carboxylic acids is 1. The van der Waals surface area contributed by atoms with Crippen LogP contribution in [0.1, 0.15) is 37.7 Å². The van der Waals surface area contributed by atoms with E-state index in [0.29, 0.717) is 24.3 Å². The van der Waals surface area contributed by atoms with Crippen LogP contribution in [0.2, 0.25) is 0 Å². The zero-order valence-electron chi connectivity index (χ0n) is 18.9. The van der Waals surface area contributed by atoms with Crippen LogP contribution in [0.4, 0.5) is 17.1 Å². The van der Waals surface area contributed by atoms with E-state index in [1.54, 1.807) is 19.5 Å². The Labute approximate surface area is 188 Å². The molecule has 1 unspecified atom stereocenters. The van der Waals surface area contributed by atoms with Crippen molar-refractivity contribution in [2.45, 2.75) is 38.1 Å². The maximum absolute atomic E-state index is 11.4. The minimum Gasteiger partial charge on any atom is -0.481 e. The van der Waals surface area contributed by atoms with Gasteiger partial charge in [-0.25, -0.2) is 9.97 Å². The average molecular weight is 445 g/mol. The number of methoxy groups -OCH3 is 2. The van der Waals surface area contributed by atoms with Crippen molar-refractivity contribution in [3.8, 4) is 6.01 Å². The first-order valence-electron chi connectivity index (χ1n) is 10.9. The van der Waals surface area contributed by atoms with E-state index in [1.165, 1.54) is 7.11 Å². The summed E-state index contributed by atoms with van der Waals surface area (Å²) in [6.45, 7) is 4.82. The highest BCUT2D eigenvalue weighted by Crippen LogP contribution is 2.35. The zero-order chi connectivity index (χ0) is 22.9. The molecular formula is C23H32N4O5. The fourth-order valence-corrected chi connectivity index (χ4v) is 4.11. The van der Waals surface area contributed by atoms with Gasteiger partial charge in [-0.05, 0) is 37.5 Å². The van der Waals surface area contributed by atoms with Crippen LogP contribution in [-0.4, -0.2) is 67.7 Å². The minimum absolute atomic E-state index is 0.00424. The molecule has 2 N–H and O–H groups in total. The topological polar surface area (TPSA) is 106 Å². The number of hydrogen-bond donors (Lipinski definition) is 2. The lowest BCUT2D eigenvalue weighted by Crippen LogP contribution is -2.39. The molecule has 1 aromatic heterocycles. The van der Waals surface area contributed by atoms with Crippen molar-refractivity contribution >= 4 is 23.0 Å². The quantitative estimate of drug-likeness (QED) is 0.539. The number of ether oxygens (including phenoxy) is 3. The molecule has 9 nitrogen and oxygen atoms in total. The Morgan fingerprint density at radius 1 is 1.28 bits per heavy atom. The predicted octanol–water partition coefficient (Wildman–Crippen LogP) is 3.44. The third kappa shape index (κ3) is 6.08. The van der Waals surface area contributed by atoms with Gasteiger partial charge < -0.3 is 29.5 Å². The van der Waals surface area contributed by atoms with Crippen molar-refractivity contribution in [1.82, 2.24) is 9.97 Å². The molecule has 1 aromatic carbocycles. The summed E-state index contributed by atoms with van der Waals surface area (Å²) in [5, 5.41) is 12.8. The molecule has 1 aliphatic rings. The fraction of sp³-hybridized carbons (Fsp3) is 0.522. The summed E-state index contributed by atoms with van der Waals surface area (Å²) in [5.74, 6) is -1.11. The van der Waals surface area contributed by atoms with Crippen LogP contribution in [0.25, 0.3) is 0 Å². The van der Waals surface area contributed by atoms with E-state index in [-0.39, 0.29) is 12.3 Å². The Bertz CT molecular complexity index is 871. The first-order chi connectivity index (χ1) is 15.5. The molecule has 3 rings (SSSR count). The third-order valence-electron chi connectivity index (χ3n) is 5.65. The average Bonchev–Trinajstić information content (AvgIpc) is 2.81. The van der Waals surface area contributed by atoms with Gasteiger partial charge in [-0.2, -0.15) is 0 Å². The van der Waals surface area contributed by atoms with E-state index in [4.69, 9.17) is 14.2 Å². The SMILES string of the molecule is CCN(c1ccc(C(COC)CC(=O)O)cc1Nc1cnc(OC)nc1)C1CCOCC1. The van der Waals surface area contributed by atoms with Crippen molar-refractivity contribution in [3.05, 3.63) is 36.2 Å². The number of carbonyl (C=O) groups is 1. The Morgan fingerprint density at radius 2 is 2.00 bits per heavy atom. The molecule has 0 radical (unpaired) electrons. The number of aromatic nitrogens is 2. The van der Waals surface area contributed by atoms with Gasteiger partial charge in [-0.3, -0.25) is 4.79 Å². The molecule has 1 fully saturated rings. The molecule has 174 valence electrons. The first kappa shape index (κ1) is 23.7. The highest BCUT2D eigenvalue weighted by atomic mass is 16.5.